The first-order valence-electron chi connectivity index (χ1n) is 12.1. The van der Waals surface area contributed by atoms with E-state index in [0.717, 1.165) is 45.3 Å². The summed E-state index contributed by atoms with van der Waals surface area (Å²) in [5.74, 6) is 0.726. The van der Waals surface area contributed by atoms with Gasteiger partial charge in [-0.05, 0) is 41.1 Å². The summed E-state index contributed by atoms with van der Waals surface area (Å²) in [6.07, 6.45) is 0. The summed E-state index contributed by atoms with van der Waals surface area (Å²) in [5, 5.41) is 2.48. The standard InChI is InChI=1S/C33H25N3/c1-36(30-21-16-24-10-8-9-15-28(24)22-30)29-19-17-26(18-20-29)32-23-31(25-11-4-2-5-12-25)34-33(35-32)27-13-6-3-7-14-27/h2-23H,1H3. The zero-order valence-electron chi connectivity index (χ0n) is 20.0. The van der Waals surface area contributed by atoms with Gasteiger partial charge in [0, 0.05) is 35.1 Å². The average Bonchev–Trinajstić information content (AvgIpc) is 2.97. The SMILES string of the molecule is CN(c1ccc(-c2cc(-c3ccccc3)nc(-c3ccccc3)n2)cc1)c1ccc2ccccc2c1. The summed E-state index contributed by atoms with van der Waals surface area (Å²) in [6, 6.07) is 46.1. The minimum absolute atomic E-state index is 0.726. The maximum atomic E-state index is 4.94. The lowest BCUT2D eigenvalue weighted by atomic mass is 10.1. The fraction of sp³-hybridized carbons (Fsp3) is 0.0303. The normalized spacial score (nSPS) is 10.9. The van der Waals surface area contributed by atoms with E-state index in [1.807, 2.05) is 36.4 Å². The molecule has 6 rings (SSSR count). The second kappa shape index (κ2) is 9.47. The molecule has 172 valence electrons. The van der Waals surface area contributed by atoms with Gasteiger partial charge < -0.3 is 4.90 Å². The van der Waals surface area contributed by atoms with E-state index in [1.165, 1.54) is 10.8 Å². The van der Waals surface area contributed by atoms with Crippen molar-refractivity contribution in [1.82, 2.24) is 9.97 Å². The zero-order chi connectivity index (χ0) is 24.3. The molecule has 0 aliphatic rings. The predicted molar refractivity (Wildman–Crippen MR) is 150 cm³/mol. The second-order valence-corrected chi connectivity index (χ2v) is 8.83. The summed E-state index contributed by atoms with van der Waals surface area (Å²) >= 11 is 0. The maximum absolute atomic E-state index is 4.94. The highest BCUT2D eigenvalue weighted by atomic mass is 15.1. The van der Waals surface area contributed by atoms with Crippen LogP contribution in [0.1, 0.15) is 0 Å². The van der Waals surface area contributed by atoms with Crippen molar-refractivity contribution in [3.05, 3.63) is 133 Å². The van der Waals surface area contributed by atoms with Gasteiger partial charge in [0.25, 0.3) is 0 Å². The highest BCUT2D eigenvalue weighted by molar-refractivity contribution is 5.87. The molecular formula is C33H25N3. The van der Waals surface area contributed by atoms with Crippen LogP contribution in [0.15, 0.2) is 133 Å². The Morgan fingerprint density at radius 2 is 0.972 bits per heavy atom. The van der Waals surface area contributed by atoms with Gasteiger partial charge in [-0.1, -0.05) is 103 Å². The van der Waals surface area contributed by atoms with E-state index in [1.54, 1.807) is 0 Å². The van der Waals surface area contributed by atoms with Crippen LogP contribution >= 0.6 is 0 Å². The van der Waals surface area contributed by atoms with Crippen molar-refractivity contribution >= 4 is 22.1 Å². The van der Waals surface area contributed by atoms with E-state index in [-0.39, 0.29) is 0 Å². The minimum Gasteiger partial charge on any atom is -0.345 e. The molecule has 0 spiro atoms. The van der Waals surface area contributed by atoms with Crippen molar-refractivity contribution < 1.29 is 0 Å². The molecule has 5 aromatic carbocycles. The molecule has 36 heavy (non-hydrogen) atoms. The van der Waals surface area contributed by atoms with Crippen LogP contribution in [0.5, 0.6) is 0 Å². The molecule has 3 nitrogen and oxygen atoms in total. The van der Waals surface area contributed by atoms with E-state index < -0.39 is 0 Å². The molecule has 3 heteroatoms. The first-order chi connectivity index (χ1) is 17.7. The molecule has 0 unspecified atom stereocenters. The van der Waals surface area contributed by atoms with Crippen molar-refractivity contribution in [2.24, 2.45) is 0 Å². The van der Waals surface area contributed by atoms with Crippen LogP contribution in [-0.2, 0) is 0 Å². The Balaban J connectivity index is 1.37. The van der Waals surface area contributed by atoms with Gasteiger partial charge in [0.15, 0.2) is 5.82 Å². The predicted octanol–water partition coefficient (Wildman–Crippen LogP) is 8.40. The van der Waals surface area contributed by atoms with Crippen LogP contribution < -0.4 is 4.90 Å². The molecule has 0 radical (unpaired) electrons. The number of hydrogen-bond acceptors (Lipinski definition) is 3. The van der Waals surface area contributed by atoms with Crippen molar-refractivity contribution in [3.8, 4) is 33.9 Å². The van der Waals surface area contributed by atoms with E-state index in [2.05, 4.69) is 109 Å². The van der Waals surface area contributed by atoms with Gasteiger partial charge in [0.2, 0.25) is 0 Å². The quantitative estimate of drug-likeness (QED) is 0.257. The van der Waals surface area contributed by atoms with Crippen molar-refractivity contribution in [3.63, 3.8) is 0 Å². The molecule has 0 aliphatic heterocycles. The summed E-state index contributed by atoms with van der Waals surface area (Å²) in [6.45, 7) is 0. The average molecular weight is 464 g/mol. The Kier molecular flexibility index (Phi) is 5.72. The molecule has 0 saturated heterocycles. The molecule has 0 bridgehead atoms. The Morgan fingerprint density at radius 1 is 0.444 bits per heavy atom. The van der Waals surface area contributed by atoms with Crippen LogP contribution in [0.25, 0.3) is 44.7 Å². The number of benzene rings is 5. The zero-order valence-corrected chi connectivity index (χ0v) is 20.0. The van der Waals surface area contributed by atoms with Crippen LogP contribution in [0.4, 0.5) is 11.4 Å². The van der Waals surface area contributed by atoms with Crippen LogP contribution in [0, 0.1) is 0 Å². The lowest BCUT2D eigenvalue weighted by molar-refractivity contribution is 1.18. The number of anilines is 2. The molecule has 6 aromatic rings. The molecule has 0 N–H and O–H groups in total. The first-order valence-corrected chi connectivity index (χ1v) is 12.1. The minimum atomic E-state index is 0.726. The molecule has 0 fully saturated rings. The third-order valence-electron chi connectivity index (χ3n) is 6.50. The maximum Gasteiger partial charge on any atom is 0.160 e. The second-order valence-electron chi connectivity index (χ2n) is 8.83. The molecule has 0 saturated carbocycles. The largest absolute Gasteiger partial charge is 0.345 e. The van der Waals surface area contributed by atoms with E-state index >= 15 is 0 Å². The van der Waals surface area contributed by atoms with Gasteiger partial charge >= 0.3 is 0 Å². The Bertz CT molecular complexity index is 1570. The van der Waals surface area contributed by atoms with E-state index in [4.69, 9.17) is 9.97 Å². The van der Waals surface area contributed by atoms with Gasteiger partial charge in [-0.2, -0.15) is 0 Å². The molecule has 1 heterocycles. The van der Waals surface area contributed by atoms with Crippen molar-refractivity contribution in [2.45, 2.75) is 0 Å². The first kappa shape index (κ1) is 21.8. The lowest BCUT2D eigenvalue weighted by Crippen LogP contribution is -2.09. The summed E-state index contributed by atoms with van der Waals surface area (Å²) in [5.41, 5.74) is 7.23. The summed E-state index contributed by atoms with van der Waals surface area (Å²) in [4.78, 5) is 12.0. The highest BCUT2D eigenvalue weighted by Crippen LogP contribution is 2.31. The third-order valence-corrected chi connectivity index (χ3v) is 6.50. The Labute approximate surface area is 211 Å². The number of rotatable bonds is 5. The summed E-state index contributed by atoms with van der Waals surface area (Å²) < 4.78 is 0. The van der Waals surface area contributed by atoms with Crippen molar-refractivity contribution in [1.29, 1.82) is 0 Å². The third kappa shape index (κ3) is 4.35. The molecule has 0 atom stereocenters. The summed E-state index contributed by atoms with van der Waals surface area (Å²) in [7, 11) is 2.10. The smallest absolute Gasteiger partial charge is 0.160 e. The Hall–Kier alpha value is -4.76. The van der Waals surface area contributed by atoms with Crippen LogP contribution in [0.2, 0.25) is 0 Å². The molecular weight excluding hydrogens is 438 g/mol. The van der Waals surface area contributed by atoms with Crippen LogP contribution in [-0.4, -0.2) is 17.0 Å². The number of fused-ring (bicyclic) bond motifs is 1. The topological polar surface area (TPSA) is 29.0 Å². The van der Waals surface area contributed by atoms with Gasteiger partial charge in [0.1, 0.15) is 0 Å². The molecule has 1 aromatic heterocycles. The number of hydrogen-bond donors (Lipinski definition) is 0. The van der Waals surface area contributed by atoms with Crippen LogP contribution in [0.3, 0.4) is 0 Å². The van der Waals surface area contributed by atoms with Gasteiger partial charge in [-0.15, -0.1) is 0 Å². The monoisotopic (exact) mass is 463 g/mol. The lowest BCUT2D eigenvalue weighted by Gasteiger charge is -2.20. The van der Waals surface area contributed by atoms with Gasteiger partial charge in [-0.3, -0.25) is 0 Å². The molecule has 0 aliphatic carbocycles. The Morgan fingerprint density at radius 3 is 1.64 bits per heavy atom. The number of aromatic nitrogens is 2. The molecule has 0 amide bonds. The van der Waals surface area contributed by atoms with E-state index in [9.17, 15) is 0 Å². The van der Waals surface area contributed by atoms with Crippen molar-refractivity contribution in [2.75, 3.05) is 11.9 Å². The van der Waals surface area contributed by atoms with Gasteiger partial charge in [-0.25, -0.2) is 9.97 Å². The fourth-order valence-electron chi connectivity index (χ4n) is 4.46. The number of nitrogens with zero attached hydrogens (tertiary/aromatic N) is 3. The highest BCUT2D eigenvalue weighted by Gasteiger charge is 2.11. The van der Waals surface area contributed by atoms with Gasteiger partial charge in [0.05, 0.1) is 11.4 Å². The van der Waals surface area contributed by atoms with E-state index in [0.29, 0.717) is 0 Å². The fourth-order valence-corrected chi connectivity index (χ4v) is 4.46.